The van der Waals surface area contributed by atoms with E-state index in [1.807, 2.05) is 88.7 Å². The molecule has 2 N–H and O–H groups in total. The summed E-state index contributed by atoms with van der Waals surface area (Å²) in [6.07, 6.45) is 11.3. The van der Waals surface area contributed by atoms with Crippen LogP contribution in [0.3, 0.4) is 0 Å². The lowest BCUT2D eigenvalue weighted by atomic mass is 10.1. The third-order valence-electron chi connectivity index (χ3n) is 10.5. The molecule has 16 nitrogen and oxygen atoms in total. The summed E-state index contributed by atoms with van der Waals surface area (Å²) < 4.78 is 8.91. The molecule has 3 aliphatic rings. The predicted octanol–water partition coefficient (Wildman–Crippen LogP) is 6.34. The molecule has 58 heavy (non-hydrogen) atoms. The van der Waals surface area contributed by atoms with Crippen LogP contribution in [0.1, 0.15) is 25.7 Å². The van der Waals surface area contributed by atoms with Gasteiger partial charge in [0.2, 0.25) is 0 Å². The number of carbonyl (C=O) groups excluding carboxylic acids is 2. The fourth-order valence-electron chi connectivity index (χ4n) is 7.39. The molecule has 3 aromatic carbocycles. The monoisotopic (exact) mass is 777 g/mol. The van der Waals surface area contributed by atoms with Gasteiger partial charge in [0.25, 0.3) is 11.6 Å². The average molecular weight is 778 g/mol. The van der Waals surface area contributed by atoms with E-state index in [4.69, 9.17) is 4.74 Å². The van der Waals surface area contributed by atoms with Crippen LogP contribution in [0.15, 0.2) is 104 Å². The summed E-state index contributed by atoms with van der Waals surface area (Å²) >= 11 is 0. The predicted molar refractivity (Wildman–Crippen MR) is 221 cm³/mol. The first-order valence-corrected chi connectivity index (χ1v) is 19.7. The Morgan fingerprint density at radius 2 is 1.07 bits per heavy atom. The van der Waals surface area contributed by atoms with Crippen LogP contribution in [0.5, 0.6) is 0 Å². The van der Waals surface area contributed by atoms with Gasteiger partial charge in [0.05, 0.1) is 55.1 Å². The number of hydrogen-bond donors (Lipinski definition) is 2. The van der Waals surface area contributed by atoms with E-state index in [-0.39, 0.29) is 12.1 Å². The zero-order chi connectivity index (χ0) is 39.3. The van der Waals surface area contributed by atoms with E-state index in [1.165, 1.54) is 0 Å². The largest absolute Gasteiger partial charge is 0.378 e. The minimum atomic E-state index is -0.0538. The SMILES string of the molecule is O=C(Nc1cccc(-c2cnn3c(-c4ccccc4)cnc3n2)c1)N1CCCC1.O=C(Nc1cccc(-c2cnn3c(N4CCOCC4)cnc3n2)c1)N1CCCC1. The number of benzene rings is 3. The summed E-state index contributed by atoms with van der Waals surface area (Å²) in [6, 6.07) is 25.2. The lowest BCUT2D eigenvalue weighted by molar-refractivity contribution is 0.122. The molecule has 4 amide bonds. The van der Waals surface area contributed by atoms with Crippen molar-refractivity contribution in [3.05, 3.63) is 104 Å². The normalized spacial score (nSPS) is 15.4. The molecule has 0 unspecified atom stereocenters. The number of nitrogens with zero attached hydrogens (tertiary/aromatic N) is 11. The standard InChI is InChI=1S/C22H20N6O.C20H23N7O2/c29-22(27-11-4-5-12-27)25-18-10-6-9-17(13-18)19-14-24-28-20(15-23-21(28)26-19)16-7-2-1-3-8-16;28-20(26-6-1-2-7-26)23-16-5-3-4-15(12-16)17-13-22-27-18(14-21-19(27)24-17)25-8-10-29-11-9-25/h1-3,6-10,13-15H,4-5,11-12H2,(H,25,29);3-5,12-14H,1-2,6-11H2,(H,23,28). The smallest absolute Gasteiger partial charge is 0.321 e. The molecule has 7 heterocycles. The number of imidazole rings is 2. The second-order valence-electron chi connectivity index (χ2n) is 14.3. The minimum Gasteiger partial charge on any atom is -0.378 e. The molecule has 10 rings (SSSR count). The van der Waals surface area contributed by atoms with E-state index in [2.05, 4.69) is 45.7 Å². The molecule has 3 aliphatic heterocycles. The van der Waals surface area contributed by atoms with Crippen molar-refractivity contribution in [2.24, 2.45) is 0 Å². The second-order valence-corrected chi connectivity index (χ2v) is 14.3. The highest BCUT2D eigenvalue weighted by Gasteiger charge is 2.20. The highest BCUT2D eigenvalue weighted by molar-refractivity contribution is 5.91. The number of ether oxygens (including phenoxy) is 1. The number of hydrogen-bond acceptors (Lipinski definition) is 10. The van der Waals surface area contributed by atoms with Crippen LogP contribution in [0.2, 0.25) is 0 Å². The maximum absolute atomic E-state index is 12.4. The van der Waals surface area contributed by atoms with Gasteiger partial charge >= 0.3 is 12.1 Å². The van der Waals surface area contributed by atoms with Crippen molar-refractivity contribution in [2.75, 3.05) is 68.0 Å². The first-order valence-electron chi connectivity index (χ1n) is 19.7. The molecule has 0 radical (unpaired) electrons. The molecule has 3 saturated heterocycles. The van der Waals surface area contributed by atoms with E-state index >= 15 is 0 Å². The Kier molecular flexibility index (Phi) is 10.5. The number of likely N-dealkylation sites (tertiary alicyclic amines) is 2. The Labute approximate surface area is 334 Å². The van der Waals surface area contributed by atoms with Gasteiger partial charge in [0, 0.05) is 67.3 Å². The first-order chi connectivity index (χ1) is 28.6. The summed E-state index contributed by atoms with van der Waals surface area (Å²) in [7, 11) is 0. The van der Waals surface area contributed by atoms with Crippen molar-refractivity contribution in [3.8, 4) is 33.8 Å². The third-order valence-corrected chi connectivity index (χ3v) is 10.5. The number of rotatable bonds is 6. The molecule has 0 bridgehead atoms. The fourth-order valence-corrected chi connectivity index (χ4v) is 7.39. The van der Waals surface area contributed by atoms with Crippen molar-refractivity contribution in [2.45, 2.75) is 25.7 Å². The molecule has 0 aliphatic carbocycles. The van der Waals surface area contributed by atoms with Crippen molar-refractivity contribution >= 4 is 40.8 Å². The van der Waals surface area contributed by atoms with E-state index in [1.54, 1.807) is 33.8 Å². The van der Waals surface area contributed by atoms with Gasteiger partial charge in [-0.15, -0.1) is 0 Å². The molecule has 7 aromatic rings. The Balaban J connectivity index is 0.000000150. The Morgan fingerprint density at radius 3 is 1.66 bits per heavy atom. The zero-order valence-corrected chi connectivity index (χ0v) is 31.9. The highest BCUT2D eigenvalue weighted by atomic mass is 16.5. The van der Waals surface area contributed by atoms with Gasteiger partial charge < -0.3 is 30.1 Å². The van der Waals surface area contributed by atoms with Crippen molar-refractivity contribution in [1.82, 2.24) is 49.0 Å². The molecular formula is C42H43N13O3. The van der Waals surface area contributed by atoms with Crippen LogP contribution in [-0.2, 0) is 4.74 Å². The van der Waals surface area contributed by atoms with Gasteiger partial charge in [0.15, 0.2) is 5.82 Å². The Morgan fingerprint density at radius 1 is 0.552 bits per heavy atom. The number of aromatic nitrogens is 8. The molecule has 0 atom stereocenters. The Hall–Kier alpha value is -6.94. The number of morpholine rings is 1. The molecule has 0 spiro atoms. The number of amides is 4. The van der Waals surface area contributed by atoms with Gasteiger partial charge in [-0.3, -0.25) is 0 Å². The first kappa shape index (κ1) is 36.7. The van der Waals surface area contributed by atoms with Gasteiger partial charge in [-0.1, -0.05) is 54.6 Å². The molecule has 0 saturated carbocycles. The van der Waals surface area contributed by atoms with Crippen molar-refractivity contribution < 1.29 is 14.3 Å². The summed E-state index contributed by atoms with van der Waals surface area (Å²) in [6.45, 7) is 6.31. The maximum Gasteiger partial charge on any atom is 0.321 e. The van der Waals surface area contributed by atoms with Crippen LogP contribution in [0.25, 0.3) is 45.3 Å². The van der Waals surface area contributed by atoms with Crippen LogP contribution >= 0.6 is 0 Å². The zero-order valence-electron chi connectivity index (χ0n) is 31.9. The Bertz CT molecular complexity index is 2540. The molecule has 16 heteroatoms. The minimum absolute atomic E-state index is 0.0513. The number of carbonyl (C=O) groups is 2. The number of fused-ring (bicyclic) bond motifs is 2. The fraction of sp³-hybridized carbons (Fsp3) is 0.286. The number of urea groups is 2. The molecule has 3 fully saturated rings. The maximum atomic E-state index is 12.4. The van der Waals surface area contributed by atoms with Gasteiger partial charge in [-0.2, -0.15) is 19.2 Å². The summed E-state index contributed by atoms with van der Waals surface area (Å²) in [5, 5.41) is 15.1. The van der Waals surface area contributed by atoms with Crippen LogP contribution in [-0.4, -0.2) is 114 Å². The van der Waals surface area contributed by atoms with E-state index < -0.39 is 0 Å². The van der Waals surface area contributed by atoms with Gasteiger partial charge in [0.1, 0.15) is 0 Å². The van der Waals surface area contributed by atoms with Gasteiger partial charge in [-0.05, 0) is 49.9 Å². The average Bonchev–Trinajstić information content (AvgIpc) is 4.12. The lowest BCUT2D eigenvalue weighted by Crippen LogP contribution is -2.37. The van der Waals surface area contributed by atoms with Gasteiger partial charge in [-0.25, -0.2) is 29.5 Å². The van der Waals surface area contributed by atoms with Crippen LogP contribution in [0, 0.1) is 0 Å². The number of anilines is 3. The third kappa shape index (κ3) is 7.99. The summed E-state index contributed by atoms with van der Waals surface area (Å²) in [4.78, 5) is 48.8. The van der Waals surface area contributed by atoms with Crippen LogP contribution in [0.4, 0.5) is 26.8 Å². The summed E-state index contributed by atoms with van der Waals surface area (Å²) in [5.74, 6) is 2.01. The lowest BCUT2D eigenvalue weighted by Gasteiger charge is -2.27. The van der Waals surface area contributed by atoms with Crippen LogP contribution < -0.4 is 15.5 Å². The van der Waals surface area contributed by atoms with E-state index in [0.29, 0.717) is 36.2 Å². The van der Waals surface area contributed by atoms with E-state index in [9.17, 15) is 9.59 Å². The highest BCUT2D eigenvalue weighted by Crippen LogP contribution is 2.26. The topological polar surface area (TPSA) is 163 Å². The quantitative estimate of drug-likeness (QED) is 0.195. The van der Waals surface area contributed by atoms with Crippen molar-refractivity contribution in [1.29, 1.82) is 0 Å². The van der Waals surface area contributed by atoms with E-state index in [0.717, 1.165) is 105 Å². The number of nitrogens with one attached hydrogen (secondary N) is 2. The molecule has 4 aromatic heterocycles. The molecule has 294 valence electrons. The second kappa shape index (κ2) is 16.7. The van der Waals surface area contributed by atoms with Crippen molar-refractivity contribution in [3.63, 3.8) is 0 Å². The molecular weight excluding hydrogens is 735 g/mol. The summed E-state index contributed by atoms with van der Waals surface area (Å²) in [5.41, 5.74) is 6.61.